The van der Waals surface area contributed by atoms with E-state index in [0.717, 1.165) is 4.90 Å². The monoisotopic (exact) mass is 202 g/mol. The van der Waals surface area contributed by atoms with Crippen molar-refractivity contribution in [3.63, 3.8) is 0 Å². The van der Waals surface area contributed by atoms with Crippen LogP contribution < -0.4 is 0 Å². The molecule has 1 aromatic heterocycles. The minimum absolute atomic E-state index is 0.341. The third kappa shape index (κ3) is 2.29. The second kappa shape index (κ2) is 4.01. The maximum absolute atomic E-state index is 7.78. The first kappa shape index (κ1) is 9.68. The normalized spacial score (nSPS) is 13.3. The molecule has 1 atom stereocenters. The van der Waals surface area contributed by atoms with E-state index in [-0.39, 0.29) is 0 Å². The van der Waals surface area contributed by atoms with Crippen molar-refractivity contribution in [1.82, 2.24) is 4.98 Å². The summed E-state index contributed by atoms with van der Waals surface area (Å²) >= 11 is 5.63. The summed E-state index contributed by atoms with van der Waals surface area (Å²) in [5, 5.41) is 0.826. The highest BCUT2D eigenvalue weighted by Gasteiger charge is 2.03. The number of nitrogens with one attached hydrogen (secondary N) is 1. The van der Waals surface area contributed by atoms with Gasteiger partial charge in [-0.1, -0.05) is 36.1 Å². The lowest BCUT2D eigenvalue weighted by Gasteiger charge is -2.07. The summed E-state index contributed by atoms with van der Waals surface area (Å²) in [6.45, 7) is 4.06. The number of pyridine rings is 1. The predicted octanol–water partition coefficient (Wildman–Crippen LogP) is 2.88. The molecule has 0 aliphatic carbocycles. The maximum atomic E-state index is 7.78. The molecule has 12 heavy (non-hydrogen) atoms. The summed E-state index contributed by atoms with van der Waals surface area (Å²) in [6, 6.07) is 3.60. The van der Waals surface area contributed by atoms with Gasteiger partial charge in [0, 0.05) is 16.3 Å². The van der Waals surface area contributed by atoms with Crippen molar-refractivity contribution in [2.24, 2.45) is 0 Å². The van der Waals surface area contributed by atoms with E-state index in [1.54, 1.807) is 12.3 Å². The summed E-state index contributed by atoms with van der Waals surface area (Å²) in [5.41, 5.74) is 0. The molecule has 0 amide bonds. The van der Waals surface area contributed by atoms with Crippen molar-refractivity contribution < 1.29 is 0 Å². The van der Waals surface area contributed by atoms with Crippen LogP contribution in [0.2, 0.25) is 5.15 Å². The van der Waals surface area contributed by atoms with Gasteiger partial charge >= 0.3 is 0 Å². The van der Waals surface area contributed by atoms with Gasteiger partial charge in [-0.3, -0.25) is 4.78 Å². The van der Waals surface area contributed by atoms with Gasteiger partial charge in [-0.15, -0.1) is 0 Å². The standard InChI is InChI=1S/C8H11ClN2S/c1-6(2)12(10)7-3-4-8(9)11-5-7/h3-6,10H,1-2H3. The van der Waals surface area contributed by atoms with Crippen LogP contribution in [0.4, 0.5) is 0 Å². The Morgan fingerprint density at radius 1 is 1.50 bits per heavy atom. The topological polar surface area (TPSA) is 36.7 Å². The maximum Gasteiger partial charge on any atom is 0.129 e. The molecule has 1 aromatic rings. The largest absolute Gasteiger partial charge is 0.275 e. The minimum atomic E-state index is -0.465. The van der Waals surface area contributed by atoms with Crippen LogP contribution in [-0.2, 0) is 10.7 Å². The van der Waals surface area contributed by atoms with Crippen molar-refractivity contribution in [3.05, 3.63) is 23.5 Å². The van der Waals surface area contributed by atoms with E-state index in [4.69, 9.17) is 16.4 Å². The first-order valence-electron chi connectivity index (χ1n) is 3.67. The molecule has 0 bridgehead atoms. The fraction of sp³-hybridized carbons (Fsp3) is 0.375. The molecule has 0 aliphatic rings. The molecule has 1 unspecified atom stereocenters. The SMILES string of the molecule is CC(C)S(=N)c1ccc(Cl)nc1. The fourth-order valence-corrected chi connectivity index (χ4v) is 1.80. The second-order valence-corrected chi connectivity index (χ2v) is 5.18. The number of hydrogen-bond donors (Lipinski definition) is 1. The summed E-state index contributed by atoms with van der Waals surface area (Å²) in [6.07, 6.45) is 1.68. The first-order chi connectivity index (χ1) is 5.61. The molecule has 1 heterocycles. The molecule has 1 rings (SSSR count). The Morgan fingerprint density at radius 2 is 2.17 bits per heavy atom. The van der Waals surface area contributed by atoms with Crippen LogP contribution in [0.25, 0.3) is 0 Å². The van der Waals surface area contributed by atoms with Gasteiger partial charge in [-0.2, -0.15) is 0 Å². The Labute approximate surface area is 79.9 Å². The zero-order valence-corrected chi connectivity index (χ0v) is 8.62. The average Bonchev–Trinajstić information content (AvgIpc) is 2.04. The first-order valence-corrected chi connectivity index (χ1v) is 5.33. The molecule has 2 nitrogen and oxygen atoms in total. The van der Waals surface area contributed by atoms with Crippen LogP contribution in [0.1, 0.15) is 13.8 Å². The van der Waals surface area contributed by atoms with E-state index >= 15 is 0 Å². The van der Waals surface area contributed by atoms with Gasteiger partial charge in [0.1, 0.15) is 5.15 Å². The van der Waals surface area contributed by atoms with Crippen LogP contribution >= 0.6 is 11.6 Å². The molecule has 66 valence electrons. The zero-order valence-electron chi connectivity index (χ0n) is 7.04. The van der Waals surface area contributed by atoms with E-state index in [2.05, 4.69) is 4.98 Å². The Kier molecular flexibility index (Phi) is 3.23. The highest BCUT2D eigenvalue weighted by Crippen LogP contribution is 2.12. The van der Waals surface area contributed by atoms with Crippen LogP contribution in [0, 0.1) is 4.78 Å². The van der Waals surface area contributed by atoms with Gasteiger partial charge in [-0.05, 0) is 12.1 Å². The lowest BCUT2D eigenvalue weighted by molar-refractivity contribution is 1.08. The molecular weight excluding hydrogens is 192 g/mol. The molecule has 0 fully saturated rings. The predicted molar refractivity (Wildman–Crippen MR) is 52.7 cm³/mol. The van der Waals surface area contributed by atoms with Crippen molar-refractivity contribution in [1.29, 1.82) is 4.78 Å². The number of nitrogens with zero attached hydrogens (tertiary/aromatic N) is 1. The lowest BCUT2D eigenvalue weighted by Crippen LogP contribution is -2.04. The minimum Gasteiger partial charge on any atom is -0.275 e. The molecule has 0 aromatic carbocycles. The molecule has 1 N–H and O–H groups in total. The van der Waals surface area contributed by atoms with Gasteiger partial charge in [0.05, 0.1) is 0 Å². The van der Waals surface area contributed by atoms with Gasteiger partial charge in [0.2, 0.25) is 0 Å². The van der Waals surface area contributed by atoms with Crippen molar-refractivity contribution >= 4 is 22.3 Å². The van der Waals surface area contributed by atoms with E-state index in [1.807, 2.05) is 19.9 Å². The van der Waals surface area contributed by atoms with Crippen LogP contribution in [0.3, 0.4) is 0 Å². The van der Waals surface area contributed by atoms with E-state index in [0.29, 0.717) is 10.4 Å². The number of hydrogen-bond acceptors (Lipinski definition) is 2. The number of aromatic nitrogens is 1. The van der Waals surface area contributed by atoms with Crippen LogP contribution in [-0.4, -0.2) is 10.2 Å². The van der Waals surface area contributed by atoms with Crippen LogP contribution in [0.5, 0.6) is 0 Å². The molecule has 0 spiro atoms. The summed E-state index contributed by atoms with van der Waals surface area (Å²) < 4.78 is 7.78. The summed E-state index contributed by atoms with van der Waals surface area (Å²) in [7, 11) is -0.465. The number of halogens is 1. The molecule has 0 saturated heterocycles. The lowest BCUT2D eigenvalue weighted by atomic mass is 10.5. The van der Waals surface area contributed by atoms with Crippen LogP contribution in [0.15, 0.2) is 23.2 Å². The smallest absolute Gasteiger partial charge is 0.129 e. The Morgan fingerprint density at radius 3 is 2.58 bits per heavy atom. The van der Waals surface area contributed by atoms with Gasteiger partial charge < -0.3 is 0 Å². The number of rotatable bonds is 2. The molecule has 0 saturated carbocycles. The third-order valence-corrected chi connectivity index (χ3v) is 3.34. The summed E-state index contributed by atoms with van der Waals surface area (Å²) in [4.78, 5) is 4.89. The Balaban J connectivity index is 2.90. The Hall–Kier alpha value is -0.410. The average molecular weight is 203 g/mol. The van der Waals surface area contributed by atoms with E-state index in [1.165, 1.54) is 0 Å². The Bertz CT molecular complexity index is 282. The van der Waals surface area contributed by atoms with Crippen molar-refractivity contribution in [2.75, 3.05) is 0 Å². The summed E-state index contributed by atoms with van der Waals surface area (Å²) in [5.74, 6) is 0. The zero-order chi connectivity index (χ0) is 9.14. The molecule has 0 radical (unpaired) electrons. The molecular formula is C8H11ClN2S. The van der Waals surface area contributed by atoms with Crippen molar-refractivity contribution in [2.45, 2.75) is 24.0 Å². The highest BCUT2D eigenvalue weighted by atomic mass is 35.5. The van der Waals surface area contributed by atoms with Crippen molar-refractivity contribution in [3.8, 4) is 0 Å². The van der Waals surface area contributed by atoms with Gasteiger partial charge in [-0.25, -0.2) is 4.98 Å². The third-order valence-electron chi connectivity index (χ3n) is 1.43. The molecule has 4 heteroatoms. The van der Waals surface area contributed by atoms with Gasteiger partial charge in [0.15, 0.2) is 0 Å². The van der Waals surface area contributed by atoms with E-state index in [9.17, 15) is 0 Å². The second-order valence-electron chi connectivity index (χ2n) is 2.70. The fourth-order valence-electron chi connectivity index (χ4n) is 0.765. The quantitative estimate of drug-likeness (QED) is 0.736. The molecule has 0 aliphatic heterocycles. The van der Waals surface area contributed by atoms with Gasteiger partial charge in [0.25, 0.3) is 0 Å². The highest BCUT2D eigenvalue weighted by molar-refractivity contribution is 7.86. The van der Waals surface area contributed by atoms with E-state index < -0.39 is 10.7 Å².